The van der Waals surface area contributed by atoms with Gasteiger partial charge in [-0.15, -0.1) is 0 Å². The summed E-state index contributed by atoms with van der Waals surface area (Å²) in [5.74, 6) is -0.518. The first-order chi connectivity index (χ1) is 11.1. The van der Waals surface area contributed by atoms with Gasteiger partial charge in [0.2, 0.25) is 5.76 Å². The van der Waals surface area contributed by atoms with Gasteiger partial charge in [0.05, 0.1) is 6.10 Å². The Balaban J connectivity index is 1.90. The third kappa shape index (κ3) is 3.41. The van der Waals surface area contributed by atoms with Gasteiger partial charge in [0, 0.05) is 37.2 Å². The van der Waals surface area contributed by atoms with Gasteiger partial charge in [-0.25, -0.2) is 4.79 Å². The van der Waals surface area contributed by atoms with Crippen LogP contribution in [0.5, 0.6) is 0 Å². The summed E-state index contributed by atoms with van der Waals surface area (Å²) in [6.07, 6.45) is 1.14. The van der Waals surface area contributed by atoms with E-state index in [0.29, 0.717) is 18.0 Å². The van der Waals surface area contributed by atoms with Gasteiger partial charge in [-0.1, -0.05) is 32.0 Å². The van der Waals surface area contributed by atoms with E-state index < -0.39 is 5.97 Å². The number of hydrogen-bond donors (Lipinski definition) is 1. The van der Waals surface area contributed by atoms with Crippen LogP contribution in [0, 0.1) is 5.92 Å². The fraction of sp³-hybridized carbons (Fsp3) is 0.500. The number of para-hydroxylation sites is 1. The number of carbonyl (C=O) groups is 1. The van der Waals surface area contributed by atoms with Gasteiger partial charge in [0.1, 0.15) is 5.58 Å². The van der Waals surface area contributed by atoms with Gasteiger partial charge in [-0.2, -0.15) is 0 Å². The Hall–Kier alpha value is -1.85. The lowest BCUT2D eigenvalue weighted by Crippen LogP contribution is -2.34. The number of hydrogen-bond acceptors (Lipinski definition) is 4. The van der Waals surface area contributed by atoms with E-state index in [-0.39, 0.29) is 11.9 Å². The molecule has 0 saturated carbocycles. The molecular formula is C18H23NO4. The van der Waals surface area contributed by atoms with Crippen molar-refractivity contribution in [1.29, 1.82) is 0 Å². The molecule has 23 heavy (non-hydrogen) atoms. The van der Waals surface area contributed by atoms with Gasteiger partial charge in [-0.05, 0) is 18.4 Å². The van der Waals surface area contributed by atoms with Crippen LogP contribution in [0.2, 0.25) is 0 Å². The molecule has 1 aliphatic heterocycles. The maximum Gasteiger partial charge on any atom is 0.372 e. The Kier molecular flexibility index (Phi) is 4.68. The van der Waals surface area contributed by atoms with Crippen LogP contribution in [0.4, 0.5) is 0 Å². The van der Waals surface area contributed by atoms with Crippen molar-refractivity contribution in [2.75, 3.05) is 19.7 Å². The van der Waals surface area contributed by atoms with Crippen LogP contribution in [0.15, 0.2) is 28.7 Å². The lowest BCUT2D eigenvalue weighted by atomic mass is 10.1. The molecule has 1 atom stereocenters. The Morgan fingerprint density at radius 2 is 2.17 bits per heavy atom. The summed E-state index contributed by atoms with van der Waals surface area (Å²) in [5, 5.41) is 10.3. The molecule has 1 N–H and O–H groups in total. The molecule has 2 aromatic rings. The monoisotopic (exact) mass is 317 g/mol. The summed E-state index contributed by atoms with van der Waals surface area (Å²) in [7, 11) is 0. The molecule has 124 valence electrons. The number of ether oxygens (including phenoxy) is 1. The maximum atomic E-state index is 11.5. The third-order valence-electron chi connectivity index (χ3n) is 4.41. The van der Waals surface area contributed by atoms with Crippen molar-refractivity contribution in [1.82, 2.24) is 4.90 Å². The van der Waals surface area contributed by atoms with Crippen LogP contribution < -0.4 is 0 Å². The van der Waals surface area contributed by atoms with Crippen molar-refractivity contribution in [3.63, 3.8) is 0 Å². The van der Waals surface area contributed by atoms with Crippen molar-refractivity contribution < 1.29 is 19.1 Å². The number of rotatable bonds is 4. The second-order valence-electron chi connectivity index (χ2n) is 6.45. The Bertz CT molecular complexity index is 691. The second kappa shape index (κ2) is 6.72. The van der Waals surface area contributed by atoms with Crippen molar-refractivity contribution >= 4 is 16.9 Å². The average Bonchev–Trinajstić information content (AvgIpc) is 2.72. The molecule has 0 spiro atoms. The molecule has 0 amide bonds. The van der Waals surface area contributed by atoms with E-state index in [2.05, 4.69) is 18.7 Å². The average molecular weight is 317 g/mol. The Morgan fingerprint density at radius 3 is 2.91 bits per heavy atom. The van der Waals surface area contributed by atoms with E-state index in [9.17, 15) is 9.90 Å². The van der Waals surface area contributed by atoms with Crippen LogP contribution in [-0.4, -0.2) is 41.8 Å². The molecule has 3 rings (SSSR count). The standard InChI is InChI=1S/C18H23NO4/c1-12(2)16-11-19(8-5-9-22-16)10-14-13-6-3-4-7-15(13)23-17(14)18(20)21/h3-4,6-7,12,16H,5,8-11H2,1-2H3,(H,20,21). The van der Waals surface area contributed by atoms with Crippen LogP contribution in [0.1, 0.15) is 36.4 Å². The minimum absolute atomic E-state index is 0.0532. The summed E-state index contributed by atoms with van der Waals surface area (Å²) in [6, 6.07) is 7.51. The topological polar surface area (TPSA) is 62.9 Å². The first-order valence-electron chi connectivity index (χ1n) is 8.14. The summed E-state index contributed by atoms with van der Waals surface area (Å²) < 4.78 is 11.4. The van der Waals surface area contributed by atoms with Crippen LogP contribution in [0.3, 0.4) is 0 Å². The van der Waals surface area contributed by atoms with Crippen molar-refractivity contribution in [3.8, 4) is 0 Å². The molecular weight excluding hydrogens is 294 g/mol. The summed E-state index contributed by atoms with van der Waals surface area (Å²) in [5.41, 5.74) is 1.39. The molecule has 0 bridgehead atoms. The molecule has 1 fully saturated rings. The largest absolute Gasteiger partial charge is 0.475 e. The van der Waals surface area contributed by atoms with E-state index in [0.717, 1.165) is 37.1 Å². The third-order valence-corrected chi connectivity index (χ3v) is 4.41. The SMILES string of the molecule is CC(C)C1CN(Cc2c(C(=O)O)oc3ccccc23)CCCO1. The van der Waals surface area contributed by atoms with Gasteiger partial charge in [0.25, 0.3) is 0 Å². The van der Waals surface area contributed by atoms with E-state index in [1.54, 1.807) is 0 Å². The van der Waals surface area contributed by atoms with E-state index >= 15 is 0 Å². The van der Waals surface area contributed by atoms with E-state index in [1.807, 2.05) is 24.3 Å². The normalized spacial score (nSPS) is 20.0. The van der Waals surface area contributed by atoms with E-state index in [1.165, 1.54) is 0 Å². The zero-order valence-corrected chi connectivity index (χ0v) is 13.6. The molecule has 0 radical (unpaired) electrons. The zero-order chi connectivity index (χ0) is 16.4. The summed E-state index contributed by atoms with van der Waals surface area (Å²) in [4.78, 5) is 13.8. The molecule has 1 aromatic heterocycles. The first-order valence-corrected chi connectivity index (χ1v) is 8.14. The van der Waals surface area contributed by atoms with Crippen LogP contribution in [-0.2, 0) is 11.3 Å². The molecule has 1 aliphatic rings. The highest BCUT2D eigenvalue weighted by Gasteiger charge is 2.25. The Labute approximate surface area is 135 Å². The molecule has 5 heteroatoms. The highest BCUT2D eigenvalue weighted by Crippen LogP contribution is 2.28. The first kappa shape index (κ1) is 16.0. The minimum Gasteiger partial charge on any atom is -0.475 e. The van der Waals surface area contributed by atoms with Gasteiger partial charge in [-0.3, -0.25) is 4.90 Å². The quantitative estimate of drug-likeness (QED) is 0.936. The van der Waals surface area contributed by atoms with Gasteiger partial charge < -0.3 is 14.3 Å². The summed E-state index contributed by atoms with van der Waals surface area (Å²) >= 11 is 0. The number of carboxylic acid groups (broad SMARTS) is 1. The lowest BCUT2D eigenvalue weighted by Gasteiger charge is -2.25. The number of benzene rings is 1. The predicted octanol–water partition coefficient (Wildman–Crippen LogP) is 3.38. The Morgan fingerprint density at radius 1 is 1.39 bits per heavy atom. The maximum absolute atomic E-state index is 11.5. The molecule has 5 nitrogen and oxygen atoms in total. The molecule has 2 heterocycles. The smallest absolute Gasteiger partial charge is 0.372 e. The van der Waals surface area contributed by atoms with Crippen molar-refractivity contribution in [2.24, 2.45) is 5.92 Å². The number of aromatic carboxylic acids is 1. The molecule has 1 aromatic carbocycles. The van der Waals surface area contributed by atoms with Gasteiger partial charge in [0.15, 0.2) is 0 Å². The summed E-state index contributed by atoms with van der Waals surface area (Å²) in [6.45, 7) is 7.37. The molecule has 1 unspecified atom stereocenters. The van der Waals surface area contributed by atoms with E-state index in [4.69, 9.17) is 9.15 Å². The molecule has 0 aliphatic carbocycles. The number of carboxylic acids is 1. The van der Waals surface area contributed by atoms with Crippen LogP contribution >= 0.6 is 0 Å². The number of furan rings is 1. The minimum atomic E-state index is -1.01. The second-order valence-corrected chi connectivity index (χ2v) is 6.45. The van der Waals surface area contributed by atoms with Crippen molar-refractivity contribution in [2.45, 2.75) is 32.9 Å². The van der Waals surface area contributed by atoms with Crippen LogP contribution in [0.25, 0.3) is 11.0 Å². The highest BCUT2D eigenvalue weighted by atomic mass is 16.5. The predicted molar refractivity (Wildman–Crippen MR) is 87.6 cm³/mol. The van der Waals surface area contributed by atoms with Gasteiger partial charge >= 0.3 is 5.97 Å². The highest BCUT2D eigenvalue weighted by molar-refractivity contribution is 5.95. The number of nitrogens with zero attached hydrogens (tertiary/aromatic N) is 1. The fourth-order valence-electron chi connectivity index (χ4n) is 3.12. The number of fused-ring (bicyclic) bond motifs is 1. The fourth-order valence-corrected chi connectivity index (χ4v) is 3.12. The lowest BCUT2D eigenvalue weighted by molar-refractivity contribution is 0.0222. The molecule has 1 saturated heterocycles. The zero-order valence-electron chi connectivity index (χ0n) is 13.6. The van der Waals surface area contributed by atoms with Crippen molar-refractivity contribution in [3.05, 3.63) is 35.6 Å².